The molecule has 0 aliphatic carbocycles. The van der Waals surface area contributed by atoms with Gasteiger partial charge in [0.2, 0.25) is 5.91 Å². The van der Waals surface area contributed by atoms with Crippen molar-refractivity contribution in [1.29, 1.82) is 0 Å². The van der Waals surface area contributed by atoms with Crippen LogP contribution in [0.2, 0.25) is 5.02 Å². The van der Waals surface area contributed by atoms with Gasteiger partial charge in [-0.2, -0.15) is 0 Å². The van der Waals surface area contributed by atoms with E-state index in [4.69, 9.17) is 16.3 Å². The molecule has 1 heterocycles. The van der Waals surface area contributed by atoms with Gasteiger partial charge in [-0.25, -0.2) is 0 Å². The van der Waals surface area contributed by atoms with Crippen LogP contribution in [0.3, 0.4) is 0 Å². The first-order valence-corrected chi connectivity index (χ1v) is 9.46. The fraction of sp³-hybridized carbons (Fsp3) is 0.125. The number of halogens is 1. The first-order chi connectivity index (χ1) is 13.6. The van der Waals surface area contributed by atoms with E-state index in [-0.39, 0.29) is 5.91 Å². The Labute approximate surface area is 169 Å². The Bertz CT molecular complexity index is 1090. The van der Waals surface area contributed by atoms with Gasteiger partial charge in [0, 0.05) is 17.5 Å². The Morgan fingerprint density at radius 3 is 2.57 bits per heavy atom. The molecule has 3 aromatic rings. The second-order valence-electron chi connectivity index (χ2n) is 6.76. The molecule has 1 aliphatic rings. The minimum atomic E-state index is -0.00127. The lowest BCUT2D eigenvalue weighted by Crippen LogP contribution is -2.29. The molecule has 0 radical (unpaired) electrons. The summed E-state index contributed by atoms with van der Waals surface area (Å²) in [4.78, 5) is 14.1. The number of nitrogens with zero attached hydrogens (tertiary/aromatic N) is 1. The first kappa shape index (κ1) is 18.3. The van der Waals surface area contributed by atoms with Gasteiger partial charge in [0.05, 0.1) is 19.3 Å². The van der Waals surface area contributed by atoms with Gasteiger partial charge in [0.15, 0.2) is 0 Å². The van der Waals surface area contributed by atoms with E-state index < -0.39 is 0 Å². The topological polar surface area (TPSA) is 29.5 Å². The third kappa shape index (κ3) is 3.41. The highest BCUT2D eigenvalue weighted by Crippen LogP contribution is 2.35. The SMILES string of the molecule is COc1ccccc1-c1ccc2c(c1)/C=C\c1cc(Cl)ccc1N(C(C)=O)C2. The predicted molar refractivity (Wildman–Crippen MR) is 116 cm³/mol. The van der Waals surface area contributed by atoms with Crippen LogP contribution in [0.25, 0.3) is 23.3 Å². The lowest BCUT2D eigenvalue weighted by atomic mass is 9.96. The zero-order valence-corrected chi connectivity index (χ0v) is 16.5. The molecule has 140 valence electrons. The van der Waals surface area contributed by atoms with Gasteiger partial charge >= 0.3 is 0 Å². The van der Waals surface area contributed by atoms with Crippen molar-refractivity contribution in [2.75, 3.05) is 12.0 Å². The van der Waals surface area contributed by atoms with E-state index in [2.05, 4.69) is 24.3 Å². The molecule has 0 saturated carbocycles. The summed E-state index contributed by atoms with van der Waals surface area (Å²) < 4.78 is 5.51. The second-order valence-corrected chi connectivity index (χ2v) is 7.19. The molecule has 28 heavy (non-hydrogen) atoms. The molecule has 0 spiro atoms. The molecule has 3 nitrogen and oxygen atoms in total. The van der Waals surface area contributed by atoms with Gasteiger partial charge in [0.25, 0.3) is 0 Å². The Hall–Kier alpha value is -3.04. The van der Waals surface area contributed by atoms with Crippen LogP contribution in [0.5, 0.6) is 5.75 Å². The molecule has 1 amide bonds. The van der Waals surface area contributed by atoms with Crippen molar-refractivity contribution in [2.45, 2.75) is 13.5 Å². The van der Waals surface area contributed by atoms with Crippen molar-refractivity contribution in [1.82, 2.24) is 0 Å². The fourth-order valence-electron chi connectivity index (χ4n) is 3.57. The van der Waals surface area contributed by atoms with Gasteiger partial charge in [0.1, 0.15) is 5.75 Å². The third-order valence-corrected chi connectivity index (χ3v) is 5.23. The maximum Gasteiger partial charge on any atom is 0.224 e. The van der Waals surface area contributed by atoms with Crippen molar-refractivity contribution in [2.24, 2.45) is 0 Å². The average Bonchev–Trinajstić information content (AvgIpc) is 2.69. The molecule has 0 N–H and O–H groups in total. The Morgan fingerprint density at radius 1 is 1.00 bits per heavy atom. The summed E-state index contributed by atoms with van der Waals surface area (Å²) in [6, 6.07) is 19.9. The van der Waals surface area contributed by atoms with Crippen LogP contribution < -0.4 is 9.64 Å². The van der Waals surface area contributed by atoms with E-state index in [0.717, 1.165) is 39.3 Å². The van der Waals surface area contributed by atoms with Crippen LogP contribution in [-0.2, 0) is 11.3 Å². The summed E-state index contributed by atoms with van der Waals surface area (Å²) in [5.74, 6) is 0.832. The number of benzene rings is 3. The highest BCUT2D eigenvalue weighted by molar-refractivity contribution is 6.30. The monoisotopic (exact) mass is 389 g/mol. The minimum Gasteiger partial charge on any atom is -0.496 e. The smallest absolute Gasteiger partial charge is 0.224 e. The molecule has 1 aliphatic heterocycles. The van der Waals surface area contributed by atoms with Crippen LogP contribution in [-0.4, -0.2) is 13.0 Å². The molecule has 4 heteroatoms. The number of rotatable bonds is 2. The van der Waals surface area contributed by atoms with Gasteiger partial charge in [-0.3, -0.25) is 4.79 Å². The van der Waals surface area contributed by atoms with Gasteiger partial charge in [-0.1, -0.05) is 54.1 Å². The number of hydrogen-bond donors (Lipinski definition) is 0. The van der Waals surface area contributed by atoms with Crippen molar-refractivity contribution in [3.8, 4) is 16.9 Å². The van der Waals surface area contributed by atoms with Crippen LogP contribution >= 0.6 is 11.6 Å². The summed E-state index contributed by atoms with van der Waals surface area (Å²) in [6.07, 6.45) is 4.10. The van der Waals surface area contributed by atoms with Gasteiger partial charge < -0.3 is 9.64 Å². The molecule has 0 bridgehead atoms. The molecule has 0 fully saturated rings. The number of anilines is 1. The quantitative estimate of drug-likeness (QED) is 0.533. The molecule has 0 saturated heterocycles. The normalized spacial score (nSPS) is 13.8. The summed E-state index contributed by atoms with van der Waals surface area (Å²) in [7, 11) is 1.68. The number of fused-ring (bicyclic) bond motifs is 2. The Kier molecular flexibility index (Phi) is 4.93. The van der Waals surface area contributed by atoms with Crippen LogP contribution in [0.15, 0.2) is 60.7 Å². The number of carbonyl (C=O) groups excluding carboxylic acids is 1. The lowest BCUT2D eigenvalue weighted by molar-refractivity contribution is -0.116. The number of methoxy groups -OCH3 is 1. The number of amides is 1. The summed E-state index contributed by atoms with van der Waals surface area (Å²) in [5, 5.41) is 0.649. The van der Waals surface area contributed by atoms with Crippen molar-refractivity contribution >= 4 is 35.3 Å². The molecule has 0 atom stereocenters. The molecule has 0 aromatic heterocycles. The van der Waals surface area contributed by atoms with E-state index in [1.165, 1.54) is 0 Å². The van der Waals surface area contributed by atoms with Crippen molar-refractivity contribution < 1.29 is 9.53 Å². The largest absolute Gasteiger partial charge is 0.496 e. The number of para-hydroxylation sites is 1. The lowest BCUT2D eigenvalue weighted by Gasteiger charge is -2.26. The minimum absolute atomic E-state index is 0.00127. The van der Waals surface area contributed by atoms with Gasteiger partial charge in [-0.15, -0.1) is 0 Å². The third-order valence-electron chi connectivity index (χ3n) is 5.00. The molecular formula is C24H20ClNO2. The molecule has 3 aromatic carbocycles. The van der Waals surface area contributed by atoms with Crippen LogP contribution in [0, 0.1) is 0 Å². The summed E-state index contributed by atoms with van der Waals surface area (Å²) in [5.41, 5.74) is 6.06. The Balaban J connectivity index is 1.85. The van der Waals surface area contributed by atoms with E-state index in [1.807, 2.05) is 48.5 Å². The first-order valence-electron chi connectivity index (χ1n) is 9.09. The maximum atomic E-state index is 12.3. The standard InChI is InChI=1S/C24H20ClNO2/c1-16(27)26-15-20-10-8-18(22-5-3-4-6-24(22)28-2)13-17(20)7-9-19-14-21(25)11-12-23(19)26/h3-14H,15H2,1-2H3/b9-7-. The van der Waals surface area contributed by atoms with Crippen molar-refractivity contribution in [3.63, 3.8) is 0 Å². The Morgan fingerprint density at radius 2 is 1.79 bits per heavy atom. The predicted octanol–water partition coefficient (Wildman–Crippen LogP) is 6.05. The zero-order valence-electron chi connectivity index (χ0n) is 15.8. The number of carbonyl (C=O) groups is 1. The highest BCUT2D eigenvalue weighted by atomic mass is 35.5. The summed E-state index contributed by atoms with van der Waals surface area (Å²) in [6.45, 7) is 2.10. The van der Waals surface area contributed by atoms with Crippen LogP contribution in [0.1, 0.15) is 23.6 Å². The number of hydrogen-bond acceptors (Lipinski definition) is 2. The average molecular weight is 390 g/mol. The molecular weight excluding hydrogens is 370 g/mol. The number of ether oxygens (including phenoxy) is 1. The molecule has 4 rings (SSSR count). The maximum absolute atomic E-state index is 12.3. The van der Waals surface area contributed by atoms with E-state index in [0.29, 0.717) is 11.6 Å². The highest BCUT2D eigenvalue weighted by Gasteiger charge is 2.19. The van der Waals surface area contributed by atoms with E-state index >= 15 is 0 Å². The van der Waals surface area contributed by atoms with E-state index in [9.17, 15) is 4.79 Å². The fourth-order valence-corrected chi connectivity index (χ4v) is 3.75. The van der Waals surface area contributed by atoms with Crippen LogP contribution in [0.4, 0.5) is 5.69 Å². The molecule has 0 unspecified atom stereocenters. The van der Waals surface area contributed by atoms with Gasteiger partial charge in [-0.05, 0) is 52.6 Å². The van der Waals surface area contributed by atoms with Crippen molar-refractivity contribution in [3.05, 3.63) is 82.4 Å². The summed E-state index contributed by atoms with van der Waals surface area (Å²) >= 11 is 6.19. The second kappa shape index (κ2) is 7.53. The zero-order chi connectivity index (χ0) is 19.7. The van der Waals surface area contributed by atoms with E-state index in [1.54, 1.807) is 18.9 Å².